The number of hydrogen-bond donors (Lipinski definition) is 1. The largest absolute Gasteiger partial charge is 0.496 e. The summed E-state index contributed by atoms with van der Waals surface area (Å²) in [6.07, 6.45) is 1.49. The second-order valence-corrected chi connectivity index (χ2v) is 11.8. The number of ether oxygens (including phenoxy) is 5. The molecule has 2 aliphatic rings. The lowest BCUT2D eigenvalue weighted by Crippen LogP contribution is -2.56. The Balaban J connectivity index is 1.13. The van der Waals surface area contributed by atoms with Crippen molar-refractivity contribution in [3.63, 3.8) is 0 Å². The molecule has 10 nitrogen and oxygen atoms in total. The Hall–Kier alpha value is -3.77. The highest BCUT2D eigenvalue weighted by Gasteiger charge is 2.30. The zero-order valence-electron chi connectivity index (χ0n) is 25.9. The van der Waals surface area contributed by atoms with E-state index < -0.39 is 0 Å². The van der Waals surface area contributed by atoms with Gasteiger partial charge in [-0.15, -0.1) is 11.8 Å². The number of hydrogen-bond acceptors (Lipinski definition) is 9. The van der Waals surface area contributed by atoms with E-state index in [9.17, 15) is 9.59 Å². The Morgan fingerprint density at radius 1 is 0.956 bits per heavy atom. The predicted octanol–water partition coefficient (Wildman–Crippen LogP) is 4.54. The third kappa shape index (κ3) is 8.70. The average molecular weight is 636 g/mol. The smallest absolute Gasteiger partial charge is 0.265 e. The maximum atomic E-state index is 13.0. The molecule has 1 atom stereocenters. The van der Waals surface area contributed by atoms with Crippen LogP contribution in [0.5, 0.6) is 17.2 Å². The number of carbonyl (C=O) groups excluding carboxylic acids is 2. The fourth-order valence-electron chi connectivity index (χ4n) is 5.35. The fraction of sp³-hybridized carbons (Fsp3) is 0.412. The molecule has 3 aromatic rings. The van der Waals surface area contributed by atoms with Gasteiger partial charge < -0.3 is 38.8 Å². The summed E-state index contributed by atoms with van der Waals surface area (Å²) in [4.78, 5) is 30.3. The standard InChI is InChI=1S/C34H41N3O7S/c1-40-16-5-15-36-30-19-29(13-14-32(30)44-23-34(36)39)45-24-27-20-35-21-33(38)37(27)26-9-11-28(12-10-26)43-18-6-17-42-22-25-7-3-4-8-31(25)41-2/h3-4,7-14,19,27,35H,5-6,15-18,20-24H2,1-2H3/t27-/m1/s1. The third-order valence-corrected chi connectivity index (χ3v) is 8.74. The van der Waals surface area contributed by atoms with Crippen LogP contribution in [0.15, 0.2) is 71.6 Å². The van der Waals surface area contributed by atoms with Gasteiger partial charge in [0.15, 0.2) is 6.61 Å². The van der Waals surface area contributed by atoms with Crippen molar-refractivity contribution in [1.29, 1.82) is 0 Å². The summed E-state index contributed by atoms with van der Waals surface area (Å²) in [5.74, 6) is 2.93. The second kappa shape index (κ2) is 16.5. The van der Waals surface area contributed by atoms with Crippen LogP contribution in [0.25, 0.3) is 0 Å². The number of benzene rings is 3. The van der Waals surface area contributed by atoms with Gasteiger partial charge in [-0.2, -0.15) is 0 Å². The number of anilines is 2. The van der Waals surface area contributed by atoms with Gasteiger partial charge in [0.05, 0.1) is 45.2 Å². The number of thioether (sulfide) groups is 1. The molecule has 0 radical (unpaired) electrons. The number of para-hydroxylation sites is 1. The first-order chi connectivity index (χ1) is 22.1. The lowest BCUT2D eigenvalue weighted by molar-refractivity contribution is -0.121. The fourth-order valence-corrected chi connectivity index (χ4v) is 6.36. The van der Waals surface area contributed by atoms with Gasteiger partial charge in [0, 0.05) is 55.1 Å². The lowest BCUT2D eigenvalue weighted by atomic mass is 10.1. The Labute approximate surface area is 268 Å². The van der Waals surface area contributed by atoms with Gasteiger partial charge >= 0.3 is 0 Å². The summed E-state index contributed by atoms with van der Waals surface area (Å²) in [6.45, 7) is 3.77. The highest BCUT2D eigenvalue weighted by atomic mass is 32.2. The average Bonchev–Trinajstić information content (AvgIpc) is 3.07. The SMILES string of the molecule is COCCCN1C(=O)COc2ccc(SC[C@H]3CNCC(=O)N3c3ccc(OCCCOCc4ccccc4OC)cc3)cc21. The summed E-state index contributed by atoms with van der Waals surface area (Å²) >= 11 is 1.66. The van der Waals surface area contributed by atoms with E-state index >= 15 is 0 Å². The van der Waals surface area contributed by atoms with E-state index in [0.717, 1.165) is 46.2 Å². The zero-order valence-corrected chi connectivity index (χ0v) is 26.7. The number of amides is 2. The first-order valence-electron chi connectivity index (χ1n) is 15.2. The van der Waals surface area contributed by atoms with Gasteiger partial charge in [-0.05, 0) is 55.0 Å². The normalized spacial score (nSPS) is 16.4. The Morgan fingerprint density at radius 2 is 1.80 bits per heavy atom. The molecule has 0 saturated carbocycles. The van der Waals surface area contributed by atoms with Gasteiger partial charge in [0.2, 0.25) is 5.91 Å². The van der Waals surface area contributed by atoms with Crippen molar-refractivity contribution < 1.29 is 33.3 Å². The predicted molar refractivity (Wildman–Crippen MR) is 175 cm³/mol. The van der Waals surface area contributed by atoms with Crippen LogP contribution in [0.1, 0.15) is 18.4 Å². The third-order valence-electron chi connectivity index (χ3n) is 7.60. The Kier molecular flexibility index (Phi) is 12.0. The van der Waals surface area contributed by atoms with E-state index in [2.05, 4.69) is 5.32 Å². The number of methoxy groups -OCH3 is 2. The van der Waals surface area contributed by atoms with Gasteiger partial charge in [-0.3, -0.25) is 9.59 Å². The molecule has 5 rings (SSSR count). The summed E-state index contributed by atoms with van der Waals surface area (Å²) < 4.78 is 27.9. The molecule has 45 heavy (non-hydrogen) atoms. The van der Waals surface area contributed by atoms with E-state index in [1.165, 1.54) is 0 Å². The highest BCUT2D eigenvalue weighted by Crippen LogP contribution is 2.36. The van der Waals surface area contributed by atoms with Gasteiger partial charge in [-0.25, -0.2) is 0 Å². The van der Waals surface area contributed by atoms with Gasteiger partial charge in [0.1, 0.15) is 17.2 Å². The van der Waals surface area contributed by atoms with Crippen LogP contribution in [0.3, 0.4) is 0 Å². The number of piperazine rings is 1. The van der Waals surface area contributed by atoms with E-state index in [-0.39, 0.29) is 24.5 Å². The van der Waals surface area contributed by atoms with Crippen molar-refractivity contribution in [3.8, 4) is 17.2 Å². The van der Waals surface area contributed by atoms with Crippen LogP contribution in [-0.2, 0) is 25.7 Å². The number of nitrogens with zero attached hydrogens (tertiary/aromatic N) is 2. The molecule has 11 heteroatoms. The molecule has 2 heterocycles. The molecule has 2 amide bonds. The molecule has 1 N–H and O–H groups in total. The number of rotatable bonds is 16. The molecule has 0 aromatic heterocycles. The molecule has 2 aliphatic heterocycles. The van der Waals surface area contributed by atoms with Crippen molar-refractivity contribution in [2.75, 3.05) is 75.8 Å². The van der Waals surface area contributed by atoms with E-state index in [1.54, 1.807) is 30.9 Å². The molecular weight excluding hydrogens is 594 g/mol. The van der Waals surface area contributed by atoms with Crippen LogP contribution in [0, 0.1) is 0 Å². The van der Waals surface area contributed by atoms with Gasteiger partial charge in [-0.1, -0.05) is 18.2 Å². The molecule has 3 aromatic carbocycles. The lowest BCUT2D eigenvalue weighted by Gasteiger charge is -2.36. The first-order valence-corrected chi connectivity index (χ1v) is 16.2. The minimum atomic E-state index is -0.0566. The molecule has 240 valence electrons. The van der Waals surface area contributed by atoms with Crippen molar-refractivity contribution in [3.05, 3.63) is 72.3 Å². The minimum absolute atomic E-state index is 0.0291. The second-order valence-electron chi connectivity index (χ2n) is 10.7. The summed E-state index contributed by atoms with van der Waals surface area (Å²) in [6, 6.07) is 21.4. The highest BCUT2D eigenvalue weighted by molar-refractivity contribution is 7.99. The van der Waals surface area contributed by atoms with Gasteiger partial charge in [0.25, 0.3) is 5.91 Å². The number of carbonyl (C=O) groups is 2. The van der Waals surface area contributed by atoms with Crippen LogP contribution in [-0.4, -0.2) is 83.9 Å². The topological polar surface area (TPSA) is 98.8 Å². The summed E-state index contributed by atoms with van der Waals surface area (Å²) in [5, 5.41) is 3.25. The monoisotopic (exact) mass is 635 g/mol. The molecule has 0 spiro atoms. The summed E-state index contributed by atoms with van der Waals surface area (Å²) in [7, 11) is 3.32. The molecule has 1 fully saturated rings. The van der Waals surface area contributed by atoms with Crippen molar-refractivity contribution in [1.82, 2.24) is 5.32 Å². The van der Waals surface area contributed by atoms with Crippen molar-refractivity contribution in [2.24, 2.45) is 0 Å². The quantitative estimate of drug-likeness (QED) is 0.180. The first kappa shape index (κ1) is 32.6. The molecule has 0 bridgehead atoms. The molecule has 0 unspecified atom stereocenters. The molecular formula is C34H41N3O7S. The van der Waals surface area contributed by atoms with E-state index in [4.69, 9.17) is 23.7 Å². The Bertz CT molecular complexity index is 1420. The van der Waals surface area contributed by atoms with E-state index in [1.807, 2.05) is 71.6 Å². The molecule has 0 aliphatic carbocycles. The van der Waals surface area contributed by atoms with Crippen LogP contribution in [0.4, 0.5) is 11.4 Å². The van der Waals surface area contributed by atoms with Crippen molar-refractivity contribution >= 4 is 35.0 Å². The maximum absolute atomic E-state index is 13.0. The van der Waals surface area contributed by atoms with Crippen LogP contribution >= 0.6 is 11.8 Å². The number of fused-ring (bicyclic) bond motifs is 1. The van der Waals surface area contributed by atoms with Crippen LogP contribution < -0.4 is 29.3 Å². The number of nitrogens with one attached hydrogen (secondary N) is 1. The summed E-state index contributed by atoms with van der Waals surface area (Å²) in [5.41, 5.74) is 2.64. The van der Waals surface area contributed by atoms with Crippen LogP contribution in [0.2, 0.25) is 0 Å². The zero-order chi connectivity index (χ0) is 31.4. The van der Waals surface area contributed by atoms with Crippen molar-refractivity contribution in [2.45, 2.75) is 30.4 Å². The minimum Gasteiger partial charge on any atom is -0.496 e. The van der Waals surface area contributed by atoms with E-state index in [0.29, 0.717) is 57.6 Å². The molecule has 1 saturated heterocycles. The Morgan fingerprint density at radius 3 is 2.62 bits per heavy atom. The maximum Gasteiger partial charge on any atom is 0.265 e.